The molecular weight excluding hydrogens is 300 g/mol. The highest BCUT2D eigenvalue weighted by Crippen LogP contribution is 2.36. The molecule has 0 aromatic heterocycles. The summed E-state index contributed by atoms with van der Waals surface area (Å²) in [7, 11) is -1.41. The van der Waals surface area contributed by atoms with Crippen molar-refractivity contribution in [3.05, 3.63) is 71.8 Å². The van der Waals surface area contributed by atoms with Crippen molar-refractivity contribution in [2.75, 3.05) is 0 Å². The molecule has 122 valence electrons. The van der Waals surface area contributed by atoms with E-state index in [1.54, 1.807) is 0 Å². The van der Waals surface area contributed by atoms with E-state index in [-0.39, 0.29) is 18.3 Å². The van der Waals surface area contributed by atoms with E-state index in [1.165, 1.54) is 11.6 Å². The molecule has 3 atom stereocenters. The van der Waals surface area contributed by atoms with Crippen LogP contribution in [-0.2, 0) is 10.8 Å². The quantitative estimate of drug-likeness (QED) is 0.827. The fraction of sp³-hybridized carbons (Fsp3) is 0.400. The zero-order chi connectivity index (χ0) is 16.3. The van der Waals surface area contributed by atoms with Crippen LogP contribution < -0.4 is 0 Å². The summed E-state index contributed by atoms with van der Waals surface area (Å²) in [6, 6.07) is 23.1. The van der Waals surface area contributed by atoms with E-state index >= 15 is 0 Å². The van der Waals surface area contributed by atoms with Crippen LogP contribution in [0.4, 0.5) is 0 Å². The van der Waals surface area contributed by atoms with Gasteiger partial charge in [0.15, 0.2) is 0 Å². The smallest absolute Gasteiger partial charge is 0.109 e. The Hall–Kier alpha value is -1.42. The summed E-state index contributed by atoms with van der Waals surface area (Å²) in [5.74, 6) is 0. The maximum Gasteiger partial charge on any atom is 0.109 e. The molecule has 1 N–H and O–H groups in total. The summed E-state index contributed by atoms with van der Waals surface area (Å²) in [4.78, 5) is 0. The molecule has 1 heterocycles. The Morgan fingerprint density at radius 2 is 1.61 bits per heavy atom. The highest BCUT2D eigenvalue weighted by Gasteiger charge is 2.38. The Balaban J connectivity index is 1.62. The number of hydrogen-bond acceptors (Lipinski definition) is 2. The molecule has 1 saturated heterocycles. The van der Waals surface area contributed by atoms with Gasteiger partial charge in [-0.25, -0.2) is 0 Å². The third-order valence-electron chi connectivity index (χ3n) is 4.63. The standard InChI is InChI=1S/C20H26O2Si/c1-23(2,14-16-9-5-3-6-10-16)15-18-13-19(21)20(22-18)17-11-7-4-8-12-17/h3-12,18-21H,13-15H2,1-2H3/t18-,19-,20+/m1/s1. The van der Waals surface area contributed by atoms with Gasteiger partial charge in [-0.3, -0.25) is 0 Å². The first kappa shape index (κ1) is 16.4. The maximum absolute atomic E-state index is 10.4. The molecule has 0 bridgehead atoms. The second-order valence-corrected chi connectivity index (χ2v) is 12.5. The second-order valence-electron chi connectivity index (χ2n) is 7.42. The number of hydrogen-bond donors (Lipinski definition) is 1. The summed E-state index contributed by atoms with van der Waals surface area (Å²) in [5, 5.41) is 10.4. The summed E-state index contributed by atoms with van der Waals surface area (Å²) in [6.45, 7) is 4.84. The minimum atomic E-state index is -1.41. The van der Waals surface area contributed by atoms with Crippen LogP contribution in [0.1, 0.15) is 23.7 Å². The van der Waals surface area contributed by atoms with Crippen LogP contribution in [0, 0.1) is 0 Å². The fourth-order valence-corrected chi connectivity index (χ4v) is 6.64. The molecule has 2 aromatic rings. The normalized spacial score (nSPS) is 24.7. The lowest BCUT2D eigenvalue weighted by molar-refractivity contribution is 0.0147. The molecule has 0 radical (unpaired) electrons. The average molecular weight is 327 g/mol. The highest BCUT2D eigenvalue weighted by atomic mass is 28.3. The van der Waals surface area contributed by atoms with Gasteiger partial charge in [0.05, 0.1) is 20.3 Å². The van der Waals surface area contributed by atoms with Crippen molar-refractivity contribution in [1.29, 1.82) is 0 Å². The summed E-state index contributed by atoms with van der Waals surface area (Å²) in [5.41, 5.74) is 2.51. The van der Waals surface area contributed by atoms with Gasteiger partial charge >= 0.3 is 0 Å². The van der Waals surface area contributed by atoms with E-state index in [2.05, 4.69) is 43.4 Å². The van der Waals surface area contributed by atoms with Crippen LogP contribution in [-0.4, -0.2) is 25.4 Å². The van der Waals surface area contributed by atoms with Crippen LogP contribution in [0.2, 0.25) is 19.1 Å². The van der Waals surface area contributed by atoms with E-state index in [1.807, 2.05) is 30.3 Å². The van der Waals surface area contributed by atoms with E-state index in [0.29, 0.717) is 0 Å². The first-order valence-electron chi connectivity index (χ1n) is 8.46. The molecule has 3 heteroatoms. The van der Waals surface area contributed by atoms with Crippen molar-refractivity contribution in [3.8, 4) is 0 Å². The minimum Gasteiger partial charge on any atom is -0.390 e. The van der Waals surface area contributed by atoms with E-state index < -0.39 is 8.07 Å². The topological polar surface area (TPSA) is 29.5 Å². The first-order chi connectivity index (χ1) is 11.0. The molecule has 23 heavy (non-hydrogen) atoms. The fourth-order valence-electron chi connectivity index (χ4n) is 3.66. The van der Waals surface area contributed by atoms with Crippen molar-refractivity contribution in [1.82, 2.24) is 0 Å². The van der Waals surface area contributed by atoms with Gasteiger partial charge in [-0.15, -0.1) is 0 Å². The van der Waals surface area contributed by atoms with Crippen molar-refractivity contribution >= 4 is 8.07 Å². The first-order valence-corrected chi connectivity index (χ1v) is 11.9. The molecule has 1 aliphatic rings. The molecule has 0 unspecified atom stereocenters. The third kappa shape index (κ3) is 4.31. The molecule has 0 amide bonds. The molecule has 2 nitrogen and oxygen atoms in total. The molecule has 1 aliphatic heterocycles. The summed E-state index contributed by atoms with van der Waals surface area (Å²) >= 11 is 0. The number of aliphatic hydroxyl groups is 1. The monoisotopic (exact) mass is 326 g/mol. The summed E-state index contributed by atoms with van der Waals surface area (Å²) in [6.07, 6.45) is 0.386. The van der Waals surface area contributed by atoms with Crippen LogP contribution >= 0.6 is 0 Å². The third-order valence-corrected chi connectivity index (χ3v) is 7.55. The Kier molecular flexibility index (Phi) is 5.00. The predicted octanol–water partition coefficient (Wildman–Crippen LogP) is 4.37. The Labute approximate surface area is 140 Å². The van der Waals surface area contributed by atoms with Crippen LogP contribution in [0.25, 0.3) is 0 Å². The van der Waals surface area contributed by atoms with Gasteiger partial charge in [0, 0.05) is 6.42 Å². The van der Waals surface area contributed by atoms with Gasteiger partial charge < -0.3 is 9.84 Å². The molecule has 3 rings (SSSR count). The Bertz CT molecular complexity index is 612. The molecule has 2 aromatic carbocycles. The number of ether oxygens (including phenoxy) is 1. The van der Waals surface area contributed by atoms with Gasteiger partial charge in [0.25, 0.3) is 0 Å². The Morgan fingerprint density at radius 1 is 1.00 bits per heavy atom. The van der Waals surface area contributed by atoms with E-state index in [0.717, 1.165) is 18.0 Å². The minimum absolute atomic E-state index is 0.164. The lowest BCUT2D eigenvalue weighted by atomic mass is 10.0. The lowest BCUT2D eigenvalue weighted by Gasteiger charge is -2.26. The van der Waals surface area contributed by atoms with Crippen LogP contribution in [0.3, 0.4) is 0 Å². The molecule has 0 spiro atoms. The molecule has 0 aliphatic carbocycles. The van der Waals surface area contributed by atoms with Crippen LogP contribution in [0.5, 0.6) is 0 Å². The second kappa shape index (κ2) is 6.99. The largest absolute Gasteiger partial charge is 0.390 e. The highest BCUT2D eigenvalue weighted by molar-refractivity contribution is 6.77. The van der Waals surface area contributed by atoms with Crippen molar-refractivity contribution in [2.45, 2.75) is 49.9 Å². The van der Waals surface area contributed by atoms with E-state index in [9.17, 15) is 5.11 Å². The van der Waals surface area contributed by atoms with Gasteiger partial charge in [-0.1, -0.05) is 79.3 Å². The van der Waals surface area contributed by atoms with Crippen molar-refractivity contribution < 1.29 is 9.84 Å². The number of aliphatic hydroxyl groups excluding tert-OH is 1. The molecule has 1 fully saturated rings. The Morgan fingerprint density at radius 3 is 2.26 bits per heavy atom. The molecular formula is C20H26O2Si. The zero-order valence-corrected chi connectivity index (χ0v) is 15.0. The lowest BCUT2D eigenvalue weighted by Crippen LogP contribution is -2.33. The number of rotatable bonds is 5. The van der Waals surface area contributed by atoms with Crippen molar-refractivity contribution in [2.24, 2.45) is 0 Å². The van der Waals surface area contributed by atoms with Gasteiger partial charge in [-0.05, 0) is 17.7 Å². The van der Waals surface area contributed by atoms with Crippen LogP contribution in [0.15, 0.2) is 60.7 Å². The zero-order valence-electron chi connectivity index (χ0n) is 14.0. The maximum atomic E-state index is 10.4. The van der Waals surface area contributed by atoms with Crippen molar-refractivity contribution in [3.63, 3.8) is 0 Å². The summed E-state index contributed by atoms with van der Waals surface area (Å²) < 4.78 is 6.22. The average Bonchev–Trinajstić information content (AvgIpc) is 2.88. The van der Waals surface area contributed by atoms with Gasteiger partial charge in [0.1, 0.15) is 6.10 Å². The van der Waals surface area contributed by atoms with Gasteiger partial charge in [0.2, 0.25) is 0 Å². The number of benzene rings is 2. The van der Waals surface area contributed by atoms with Gasteiger partial charge in [-0.2, -0.15) is 0 Å². The molecule has 0 saturated carbocycles. The SMILES string of the molecule is C[Si](C)(Cc1ccccc1)C[C@H]1C[C@@H](O)[C@H](c2ccccc2)O1. The van der Waals surface area contributed by atoms with E-state index in [4.69, 9.17) is 4.74 Å². The predicted molar refractivity (Wildman–Crippen MR) is 97.1 cm³/mol.